The van der Waals surface area contributed by atoms with Gasteiger partial charge in [-0.15, -0.1) is 0 Å². The van der Waals surface area contributed by atoms with Gasteiger partial charge in [0.25, 0.3) is 0 Å². The van der Waals surface area contributed by atoms with E-state index in [0.29, 0.717) is 45.3 Å². The number of carbonyl (C=O) groups excluding carboxylic acids is 3. The molecule has 11 heteroatoms. The number of piperazine rings is 1. The molecular weight excluding hydrogens is 408 g/mol. The average molecular weight is 438 g/mol. The minimum Gasteiger partial charge on any atom is -0.478 e. The van der Waals surface area contributed by atoms with Crippen molar-refractivity contribution in [1.82, 2.24) is 21.3 Å². The lowest BCUT2D eigenvalue weighted by Crippen LogP contribution is -2.61. The maximum Gasteiger partial charge on any atom is 0.328 e. The number of amides is 3. The second-order valence-electron chi connectivity index (χ2n) is 7.02. The number of aliphatic carboxylic acids is 2. The van der Waals surface area contributed by atoms with E-state index in [1.807, 2.05) is 0 Å². The van der Waals surface area contributed by atoms with Gasteiger partial charge in [-0.3, -0.25) is 14.4 Å². The van der Waals surface area contributed by atoms with Crippen molar-refractivity contribution in [3.8, 4) is 0 Å². The summed E-state index contributed by atoms with van der Waals surface area (Å²) in [6, 6.07) is -1.16. The summed E-state index contributed by atoms with van der Waals surface area (Å²) < 4.78 is 0. The molecule has 172 valence electrons. The largest absolute Gasteiger partial charge is 0.478 e. The fraction of sp³-hybridized carbons (Fsp3) is 0.550. The van der Waals surface area contributed by atoms with Crippen LogP contribution < -0.4 is 21.3 Å². The van der Waals surface area contributed by atoms with Crippen LogP contribution in [0.15, 0.2) is 24.3 Å². The zero-order valence-electron chi connectivity index (χ0n) is 17.3. The van der Waals surface area contributed by atoms with Gasteiger partial charge < -0.3 is 31.5 Å². The Morgan fingerprint density at radius 1 is 0.806 bits per heavy atom. The van der Waals surface area contributed by atoms with E-state index in [2.05, 4.69) is 21.3 Å². The van der Waals surface area contributed by atoms with Gasteiger partial charge in [0.15, 0.2) is 0 Å². The Morgan fingerprint density at radius 2 is 1.35 bits per heavy atom. The Balaban J connectivity index is 2.15. The number of carboxylic acids is 2. The molecule has 0 aliphatic carbocycles. The van der Waals surface area contributed by atoms with Crippen LogP contribution in [0.5, 0.6) is 0 Å². The van der Waals surface area contributed by atoms with E-state index < -0.39 is 29.9 Å². The third-order valence-electron chi connectivity index (χ3n) is 4.48. The first-order valence-electron chi connectivity index (χ1n) is 10.2. The summed E-state index contributed by atoms with van der Waals surface area (Å²) in [4.78, 5) is 56.4. The number of hydrogen-bond acceptors (Lipinski definition) is 6. The fourth-order valence-corrected chi connectivity index (χ4v) is 2.92. The number of nitrogens with one attached hydrogen (secondary N) is 4. The first-order chi connectivity index (χ1) is 14.8. The van der Waals surface area contributed by atoms with Crippen LogP contribution in [0.25, 0.3) is 0 Å². The summed E-state index contributed by atoms with van der Waals surface area (Å²) in [5.74, 6) is -3.13. The van der Waals surface area contributed by atoms with Crippen molar-refractivity contribution in [2.45, 2.75) is 50.6 Å². The predicted octanol–water partition coefficient (Wildman–Crippen LogP) is -0.702. The minimum atomic E-state index is -1.20. The monoisotopic (exact) mass is 438 g/mol. The van der Waals surface area contributed by atoms with Crippen LogP contribution in [0.1, 0.15) is 38.5 Å². The van der Waals surface area contributed by atoms with Gasteiger partial charge in [-0.2, -0.15) is 0 Å². The van der Waals surface area contributed by atoms with Gasteiger partial charge in [0, 0.05) is 31.3 Å². The maximum absolute atomic E-state index is 12.2. The lowest BCUT2D eigenvalue weighted by Gasteiger charge is -2.29. The quantitative estimate of drug-likeness (QED) is 0.144. The van der Waals surface area contributed by atoms with Crippen LogP contribution >= 0.6 is 0 Å². The number of carbonyl (C=O) groups is 5. The second-order valence-corrected chi connectivity index (χ2v) is 7.02. The smallest absolute Gasteiger partial charge is 0.328 e. The molecule has 31 heavy (non-hydrogen) atoms. The fourth-order valence-electron chi connectivity index (χ4n) is 2.92. The molecule has 2 unspecified atom stereocenters. The van der Waals surface area contributed by atoms with E-state index in [1.54, 1.807) is 0 Å². The van der Waals surface area contributed by atoms with Crippen LogP contribution in [0.4, 0.5) is 0 Å². The highest BCUT2D eigenvalue weighted by molar-refractivity contribution is 5.96. The van der Waals surface area contributed by atoms with Gasteiger partial charge in [-0.1, -0.05) is 6.08 Å². The topological polar surface area (TPSA) is 174 Å². The van der Waals surface area contributed by atoms with Gasteiger partial charge in [-0.25, -0.2) is 9.59 Å². The standard InChI is InChI=1S/C20H30N4O7/c25-16(9-10-18(28)29)22-13-4-2-7-15-20(31)23-14(19(30)24-15)6-1-3-11-21-12-5-8-17(26)27/h5,8-10,14-15,21H,1-4,6-7,11-13H2,(H,22,25)(H,23,31)(H,24,30)(H,26,27)(H,28,29)/b8-5+,10-9+. The molecule has 1 fully saturated rings. The molecule has 1 aliphatic rings. The molecule has 0 aromatic carbocycles. The molecule has 0 spiro atoms. The molecule has 0 aromatic heterocycles. The normalized spacial score (nSPS) is 18.7. The number of hydrogen-bond donors (Lipinski definition) is 6. The van der Waals surface area contributed by atoms with Crippen LogP contribution in [0.3, 0.4) is 0 Å². The Morgan fingerprint density at radius 3 is 1.90 bits per heavy atom. The highest BCUT2D eigenvalue weighted by atomic mass is 16.4. The highest BCUT2D eigenvalue weighted by Crippen LogP contribution is 2.10. The molecule has 11 nitrogen and oxygen atoms in total. The van der Waals surface area contributed by atoms with Gasteiger partial charge in [0.1, 0.15) is 12.1 Å². The summed E-state index contributed by atoms with van der Waals surface area (Å²) in [5, 5.41) is 28.0. The Labute approximate surface area is 180 Å². The minimum absolute atomic E-state index is 0.214. The molecular formula is C20H30N4O7. The van der Waals surface area contributed by atoms with E-state index in [0.717, 1.165) is 31.1 Å². The van der Waals surface area contributed by atoms with Crippen LogP contribution in [0, 0.1) is 0 Å². The third-order valence-corrected chi connectivity index (χ3v) is 4.48. The van der Waals surface area contributed by atoms with Gasteiger partial charge in [0.2, 0.25) is 17.7 Å². The van der Waals surface area contributed by atoms with Crippen molar-refractivity contribution in [3.63, 3.8) is 0 Å². The lowest BCUT2D eigenvalue weighted by molar-refractivity contribution is -0.137. The van der Waals surface area contributed by atoms with Gasteiger partial charge in [0.05, 0.1) is 0 Å². The van der Waals surface area contributed by atoms with Crippen molar-refractivity contribution in [2.75, 3.05) is 19.6 Å². The van der Waals surface area contributed by atoms with E-state index in [4.69, 9.17) is 10.2 Å². The number of rotatable bonds is 15. The summed E-state index contributed by atoms with van der Waals surface area (Å²) in [6.07, 6.45) is 7.95. The maximum atomic E-state index is 12.2. The molecule has 0 saturated carbocycles. The Bertz CT molecular complexity index is 706. The molecule has 0 bridgehead atoms. The number of carboxylic acid groups (broad SMARTS) is 2. The average Bonchev–Trinajstić information content (AvgIpc) is 2.70. The predicted molar refractivity (Wildman–Crippen MR) is 111 cm³/mol. The zero-order valence-corrected chi connectivity index (χ0v) is 17.3. The SMILES string of the molecule is O=C(O)/C=C/CNCCCCC1NC(=O)C(CCCCNC(=O)/C=C/C(=O)O)NC1=O. The lowest BCUT2D eigenvalue weighted by atomic mass is 10.0. The van der Waals surface area contributed by atoms with Crippen LogP contribution in [-0.2, 0) is 24.0 Å². The molecule has 1 rings (SSSR count). The summed E-state index contributed by atoms with van der Waals surface area (Å²) >= 11 is 0. The van der Waals surface area contributed by atoms with Crippen LogP contribution in [-0.4, -0.2) is 71.6 Å². The summed E-state index contributed by atoms with van der Waals surface area (Å²) in [5.41, 5.74) is 0. The molecule has 1 saturated heterocycles. The van der Waals surface area contributed by atoms with Crippen molar-refractivity contribution in [1.29, 1.82) is 0 Å². The van der Waals surface area contributed by atoms with Crippen molar-refractivity contribution in [2.24, 2.45) is 0 Å². The van der Waals surface area contributed by atoms with Gasteiger partial charge in [-0.05, 0) is 45.1 Å². The molecule has 2 atom stereocenters. The van der Waals surface area contributed by atoms with E-state index in [9.17, 15) is 24.0 Å². The number of unbranched alkanes of at least 4 members (excludes halogenated alkanes) is 2. The van der Waals surface area contributed by atoms with E-state index >= 15 is 0 Å². The van der Waals surface area contributed by atoms with Gasteiger partial charge >= 0.3 is 11.9 Å². The zero-order chi connectivity index (χ0) is 23.1. The van der Waals surface area contributed by atoms with Crippen LogP contribution in [0.2, 0.25) is 0 Å². The first kappa shape index (κ1) is 25.8. The van der Waals surface area contributed by atoms with Crippen molar-refractivity contribution in [3.05, 3.63) is 24.3 Å². The third kappa shape index (κ3) is 12.2. The first-order valence-corrected chi connectivity index (χ1v) is 10.2. The van der Waals surface area contributed by atoms with Crippen molar-refractivity contribution >= 4 is 29.7 Å². The van der Waals surface area contributed by atoms with E-state index in [1.165, 1.54) is 6.08 Å². The molecule has 1 heterocycles. The Hall–Kier alpha value is -3.21. The second kappa shape index (κ2) is 14.7. The van der Waals surface area contributed by atoms with E-state index in [-0.39, 0.29) is 11.8 Å². The Kier molecular flexibility index (Phi) is 12.3. The van der Waals surface area contributed by atoms with Crippen molar-refractivity contribution < 1.29 is 34.2 Å². The highest BCUT2D eigenvalue weighted by Gasteiger charge is 2.32. The summed E-state index contributed by atoms with van der Waals surface area (Å²) in [7, 11) is 0. The molecule has 3 amide bonds. The molecule has 6 N–H and O–H groups in total. The molecule has 0 aromatic rings. The summed E-state index contributed by atoms with van der Waals surface area (Å²) in [6.45, 7) is 1.47. The molecule has 1 aliphatic heterocycles. The molecule has 0 radical (unpaired) electrons.